The van der Waals surface area contributed by atoms with Gasteiger partial charge in [0.2, 0.25) is 0 Å². The van der Waals surface area contributed by atoms with Crippen LogP contribution in [0.2, 0.25) is 0 Å². The Kier molecular flexibility index (Phi) is 8.97. The molecule has 0 fully saturated rings. The number of aryl methyl sites for hydroxylation is 4. The molecule has 0 spiro atoms. The van der Waals surface area contributed by atoms with E-state index in [1.54, 1.807) is 0 Å². The van der Waals surface area contributed by atoms with Crippen LogP contribution in [0.1, 0.15) is 72.9 Å². The van der Waals surface area contributed by atoms with Crippen LogP contribution in [0.25, 0.3) is 21.5 Å². The molecule has 0 atom stereocenters. The molecule has 2 nitrogen and oxygen atoms in total. The van der Waals surface area contributed by atoms with Crippen molar-refractivity contribution < 1.29 is 0 Å². The van der Waals surface area contributed by atoms with Crippen LogP contribution in [0, 0.1) is 27.7 Å². The van der Waals surface area contributed by atoms with Gasteiger partial charge in [-0.15, -0.1) is 0 Å². The maximum atomic E-state index is 2.50. The second kappa shape index (κ2) is 13.5. The fourth-order valence-electron chi connectivity index (χ4n) is 7.30. The topological polar surface area (TPSA) is 6.48 Å². The van der Waals surface area contributed by atoms with Gasteiger partial charge in [0.25, 0.3) is 0 Å². The van der Waals surface area contributed by atoms with E-state index in [4.69, 9.17) is 0 Å². The van der Waals surface area contributed by atoms with Crippen molar-refractivity contribution in [3.05, 3.63) is 167 Å². The van der Waals surface area contributed by atoms with E-state index in [-0.39, 0.29) is 0 Å². The molecule has 0 amide bonds. The summed E-state index contributed by atoms with van der Waals surface area (Å²) in [5, 5.41) is 4.94. The largest absolute Gasteiger partial charge is 0.309 e. The molecule has 50 heavy (non-hydrogen) atoms. The van der Waals surface area contributed by atoms with Crippen molar-refractivity contribution in [3.8, 4) is 0 Å². The van der Waals surface area contributed by atoms with Crippen molar-refractivity contribution >= 4 is 55.7 Å². The zero-order chi connectivity index (χ0) is 35.1. The second-order valence-electron chi connectivity index (χ2n) is 14.6. The Morgan fingerprint density at radius 1 is 0.340 bits per heavy atom. The first-order chi connectivity index (χ1) is 24.1. The van der Waals surface area contributed by atoms with Gasteiger partial charge in [-0.3, -0.25) is 0 Å². The molecule has 0 heterocycles. The lowest BCUT2D eigenvalue weighted by atomic mass is 9.90. The van der Waals surface area contributed by atoms with Gasteiger partial charge in [-0.1, -0.05) is 100 Å². The average molecular weight is 653 g/mol. The number of nitrogens with zero attached hydrogens (tertiary/aromatic N) is 2. The molecular weight excluding hydrogens is 605 g/mol. The van der Waals surface area contributed by atoms with Crippen LogP contribution in [-0.4, -0.2) is 0 Å². The maximum absolute atomic E-state index is 2.50. The number of hydrogen-bond donors (Lipinski definition) is 0. The van der Waals surface area contributed by atoms with Crippen molar-refractivity contribution in [3.63, 3.8) is 0 Å². The Labute approximate surface area is 298 Å². The van der Waals surface area contributed by atoms with E-state index in [9.17, 15) is 0 Å². The Morgan fingerprint density at radius 3 is 0.900 bits per heavy atom. The summed E-state index contributed by atoms with van der Waals surface area (Å²) in [7, 11) is 0. The molecule has 0 bridgehead atoms. The Balaban J connectivity index is 1.71. The lowest BCUT2D eigenvalue weighted by Crippen LogP contribution is -2.15. The van der Waals surface area contributed by atoms with Gasteiger partial charge in [0.1, 0.15) is 0 Å². The molecule has 7 aromatic rings. The SMILES string of the molecule is Cc1cccc(N(c2cccc(C)c2)c2c3ccc(C(C)C)cc3c(N(c3cccc(C)c3)c3cccc(C)c3)c3ccc(C(C)C)cc23)c1. The Bertz CT molecular complexity index is 2090. The summed E-state index contributed by atoms with van der Waals surface area (Å²) in [5.74, 6) is 0.761. The summed E-state index contributed by atoms with van der Waals surface area (Å²) in [5.41, 5.74) is 14.6. The van der Waals surface area contributed by atoms with E-state index in [0.717, 1.165) is 22.7 Å². The van der Waals surface area contributed by atoms with Crippen molar-refractivity contribution in [2.75, 3.05) is 9.80 Å². The highest BCUT2D eigenvalue weighted by molar-refractivity contribution is 6.23. The lowest BCUT2D eigenvalue weighted by molar-refractivity contribution is 0.868. The zero-order valence-electron chi connectivity index (χ0n) is 30.8. The third-order valence-electron chi connectivity index (χ3n) is 9.93. The van der Waals surface area contributed by atoms with Crippen molar-refractivity contribution in [1.82, 2.24) is 0 Å². The zero-order valence-corrected chi connectivity index (χ0v) is 30.8. The number of fused-ring (bicyclic) bond motifs is 2. The van der Waals surface area contributed by atoms with Crippen LogP contribution in [0.5, 0.6) is 0 Å². The Morgan fingerprint density at radius 2 is 0.640 bits per heavy atom. The molecule has 2 heteroatoms. The van der Waals surface area contributed by atoms with E-state index < -0.39 is 0 Å². The van der Waals surface area contributed by atoms with Gasteiger partial charge in [0, 0.05) is 44.3 Å². The minimum Gasteiger partial charge on any atom is -0.309 e. The van der Waals surface area contributed by atoms with Crippen LogP contribution in [-0.2, 0) is 0 Å². The summed E-state index contributed by atoms with van der Waals surface area (Å²) >= 11 is 0. The van der Waals surface area contributed by atoms with Crippen LogP contribution in [0.3, 0.4) is 0 Å². The normalized spacial score (nSPS) is 11.6. The first kappa shape index (κ1) is 33.2. The highest BCUT2D eigenvalue weighted by atomic mass is 15.2. The molecule has 0 saturated carbocycles. The molecule has 0 N–H and O–H groups in total. The quantitative estimate of drug-likeness (QED) is 0.119. The number of hydrogen-bond acceptors (Lipinski definition) is 2. The minimum atomic E-state index is 0.380. The molecule has 0 aliphatic carbocycles. The summed E-state index contributed by atoms with van der Waals surface area (Å²) in [6.07, 6.45) is 0. The second-order valence-corrected chi connectivity index (χ2v) is 14.6. The predicted octanol–water partition coefficient (Wildman–Crippen LogP) is 14.4. The van der Waals surface area contributed by atoms with E-state index in [1.165, 1.54) is 66.3 Å². The van der Waals surface area contributed by atoms with E-state index in [0.29, 0.717) is 11.8 Å². The highest BCUT2D eigenvalue weighted by Gasteiger charge is 2.26. The van der Waals surface area contributed by atoms with Gasteiger partial charge in [-0.25, -0.2) is 0 Å². The van der Waals surface area contributed by atoms with Gasteiger partial charge in [-0.2, -0.15) is 0 Å². The van der Waals surface area contributed by atoms with Crippen LogP contribution < -0.4 is 9.80 Å². The van der Waals surface area contributed by atoms with Gasteiger partial charge in [0.15, 0.2) is 0 Å². The summed E-state index contributed by atoms with van der Waals surface area (Å²) in [6.45, 7) is 17.9. The fourth-order valence-corrected chi connectivity index (χ4v) is 7.30. The smallest absolute Gasteiger partial charge is 0.0620 e. The predicted molar refractivity (Wildman–Crippen MR) is 218 cm³/mol. The molecule has 250 valence electrons. The van der Waals surface area contributed by atoms with E-state index in [2.05, 4.69) is 199 Å². The minimum absolute atomic E-state index is 0.380. The van der Waals surface area contributed by atoms with Crippen molar-refractivity contribution in [1.29, 1.82) is 0 Å². The van der Waals surface area contributed by atoms with E-state index in [1.807, 2.05) is 0 Å². The fraction of sp³-hybridized carbons (Fsp3) is 0.208. The summed E-state index contributed by atoms with van der Waals surface area (Å²) < 4.78 is 0. The maximum Gasteiger partial charge on any atom is 0.0620 e. The first-order valence-electron chi connectivity index (χ1n) is 18.0. The number of rotatable bonds is 8. The molecule has 7 rings (SSSR count). The third kappa shape index (κ3) is 6.27. The molecule has 0 aliphatic heterocycles. The highest BCUT2D eigenvalue weighted by Crippen LogP contribution is 2.52. The summed E-state index contributed by atoms with van der Waals surface area (Å²) in [6, 6.07) is 50.1. The van der Waals surface area contributed by atoms with E-state index >= 15 is 0 Å². The standard InChI is InChI=1S/C48H48N2/c1-31(2)37-21-23-43-45(29-37)47(49(39-17-9-13-33(5)25-39)40-18-10-14-34(6)26-40)44-24-22-38(32(3)4)30-46(44)48(43)50(41-19-11-15-35(7)27-41)42-20-12-16-36(8)28-42/h9-32H,1-8H3. The van der Waals surface area contributed by atoms with Crippen molar-refractivity contribution in [2.24, 2.45) is 0 Å². The lowest BCUT2D eigenvalue weighted by Gasteiger charge is -2.34. The van der Waals surface area contributed by atoms with Gasteiger partial charge in [0.05, 0.1) is 11.4 Å². The molecule has 0 radical (unpaired) electrons. The number of benzene rings is 7. The Hall–Kier alpha value is -5.34. The molecule has 7 aromatic carbocycles. The van der Waals surface area contributed by atoms with Crippen LogP contribution in [0.15, 0.2) is 133 Å². The average Bonchev–Trinajstić information content (AvgIpc) is 3.09. The molecule has 0 unspecified atom stereocenters. The van der Waals surface area contributed by atoms with Gasteiger partial charge in [-0.05, 0) is 134 Å². The molecule has 0 saturated heterocycles. The molecular formula is C48H48N2. The van der Waals surface area contributed by atoms with Crippen molar-refractivity contribution in [2.45, 2.75) is 67.2 Å². The van der Waals surface area contributed by atoms with Gasteiger partial charge >= 0.3 is 0 Å². The molecule has 0 aliphatic rings. The third-order valence-corrected chi connectivity index (χ3v) is 9.93. The number of anilines is 6. The van der Waals surface area contributed by atoms with Crippen LogP contribution in [0.4, 0.5) is 34.1 Å². The summed E-state index contributed by atoms with van der Waals surface area (Å²) in [4.78, 5) is 4.99. The monoisotopic (exact) mass is 652 g/mol. The molecule has 0 aromatic heterocycles. The first-order valence-corrected chi connectivity index (χ1v) is 18.0. The van der Waals surface area contributed by atoms with Gasteiger partial charge < -0.3 is 9.80 Å². The van der Waals surface area contributed by atoms with Crippen LogP contribution >= 0.6 is 0 Å².